The van der Waals surface area contributed by atoms with Crippen molar-refractivity contribution in [3.63, 3.8) is 0 Å². The van der Waals surface area contributed by atoms with Gasteiger partial charge in [0.05, 0.1) is 11.5 Å². The number of benzene rings is 2. The number of hydrogen-bond acceptors (Lipinski definition) is 1. The first-order valence-electron chi connectivity index (χ1n) is 6.54. The van der Waals surface area contributed by atoms with Crippen molar-refractivity contribution in [3.05, 3.63) is 59.2 Å². The van der Waals surface area contributed by atoms with E-state index in [0.29, 0.717) is 0 Å². The highest BCUT2D eigenvalue weighted by Gasteiger charge is 2.19. The van der Waals surface area contributed by atoms with Gasteiger partial charge < -0.3 is 0 Å². The lowest BCUT2D eigenvalue weighted by molar-refractivity contribution is 0.687. The van der Waals surface area contributed by atoms with E-state index in [0.717, 1.165) is 5.56 Å². The van der Waals surface area contributed by atoms with Crippen molar-refractivity contribution >= 4 is 0 Å². The van der Waals surface area contributed by atoms with Crippen LogP contribution in [0, 0.1) is 25.2 Å². The summed E-state index contributed by atoms with van der Waals surface area (Å²) in [5.74, 6) is 0. The number of aryl methyl sites for hydroxylation is 1. The van der Waals surface area contributed by atoms with Crippen LogP contribution in [0.3, 0.4) is 0 Å². The number of hydrogen-bond donors (Lipinski definition) is 0. The van der Waals surface area contributed by atoms with Crippen molar-refractivity contribution < 1.29 is 0 Å². The van der Waals surface area contributed by atoms with Crippen molar-refractivity contribution in [2.75, 3.05) is 0 Å². The Kier molecular flexibility index (Phi) is 3.44. The van der Waals surface area contributed by atoms with Crippen LogP contribution >= 0.6 is 0 Å². The van der Waals surface area contributed by atoms with Gasteiger partial charge in [-0.1, -0.05) is 42.5 Å². The van der Waals surface area contributed by atoms with Crippen molar-refractivity contribution in [3.8, 4) is 17.2 Å². The summed E-state index contributed by atoms with van der Waals surface area (Å²) in [5.41, 5.74) is 5.72. The van der Waals surface area contributed by atoms with E-state index in [9.17, 15) is 0 Å². The fourth-order valence-electron chi connectivity index (χ4n) is 2.19. The largest absolute Gasteiger partial charge is 0.197 e. The summed E-state index contributed by atoms with van der Waals surface area (Å²) in [6.07, 6.45) is 0. The second-order valence-electron chi connectivity index (χ2n) is 5.56. The van der Waals surface area contributed by atoms with E-state index < -0.39 is 5.41 Å². The molecule has 0 N–H and O–H groups in total. The van der Waals surface area contributed by atoms with Crippen LogP contribution < -0.4 is 0 Å². The van der Waals surface area contributed by atoms with Gasteiger partial charge in [0.2, 0.25) is 0 Å². The summed E-state index contributed by atoms with van der Waals surface area (Å²) in [6, 6.07) is 17.0. The van der Waals surface area contributed by atoms with E-state index in [1.807, 2.05) is 13.8 Å². The highest BCUT2D eigenvalue weighted by Crippen LogP contribution is 2.28. The quantitative estimate of drug-likeness (QED) is 0.752. The Morgan fingerprint density at radius 2 is 1.58 bits per heavy atom. The predicted molar refractivity (Wildman–Crippen MR) is 80.0 cm³/mol. The molecule has 0 aliphatic heterocycles. The highest BCUT2D eigenvalue weighted by atomic mass is 14.3. The molecule has 0 unspecified atom stereocenters. The van der Waals surface area contributed by atoms with Crippen LogP contribution in [0.15, 0.2) is 42.5 Å². The summed E-state index contributed by atoms with van der Waals surface area (Å²) < 4.78 is 0. The Balaban J connectivity index is 2.44. The van der Waals surface area contributed by atoms with Crippen molar-refractivity contribution in [2.24, 2.45) is 0 Å². The van der Waals surface area contributed by atoms with E-state index in [4.69, 9.17) is 5.26 Å². The van der Waals surface area contributed by atoms with Crippen molar-refractivity contribution in [2.45, 2.75) is 33.1 Å². The first-order chi connectivity index (χ1) is 8.95. The molecule has 2 rings (SSSR count). The highest BCUT2D eigenvalue weighted by molar-refractivity contribution is 5.68. The zero-order chi connectivity index (χ0) is 14.0. The molecule has 0 aliphatic carbocycles. The molecule has 0 aliphatic rings. The molecule has 2 aromatic rings. The van der Waals surface area contributed by atoms with Crippen LogP contribution in [0.1, 0.15) is 30.5 Å². The third-order valence-electron chi connectivity index (χ3n) is 3.80. The minimum Gasteiger partial charge on any atom is -0.197 e. The van der Waals surface area contributed by atoms with E-state index in [1.165, 1.54) is 22.3 Å². The molecule has 0 heterocycles. The second kappa shape index (κ2) is 4.90. The topological polar surface area (TPSA) is 23.8 Å². The van der Waals surface area contributed by atoms with Crippen LogP contribution in [0.2, 0.25) is 0 Å². The fraction of sp³-hybridized carbons (Fsp3) is 0.278. The summed E-state index contributed by atoms with van der Waals surface area (Å²) in [4.78, 5) is 0. The molecular formula is C18H19N. The molecule has 1 heteroatoms. The molecule has 96 valence electrons. The van der Waals surface area contributed by atoms with Gasteiger partial charge in [-0.2, -0.15) is 5.26 Å². The molecule has 0 amide bonds. The Bertz CT molecular complexity index is 628. The number of rotatable bonds is 2. The Morgan fingerprint density at radius 3 is 2.16 bits per heavy atom. The molecule has 0 aromatic heterocycles. The molecule has 0 atom stereocenters. The zero-order valence-electron chi connectivity index (χ0n) is 12.0. The standard InChI is InChI=1S/C18H19N/c1-13-6-5-7-17(14(13)2)15-8-10-16(11-9-15)18(3,4)12-19/h5-11H,1-4H3. The van der Waals surface area contributed by atoms with Crippen molar-refractivity contribution in [1.29, 1.82) is 5.26 Å². The molecule has 0 fully saturated rings. The van der Waals surface area contributed by atoms with Gasteiger partial charge in [0.25, 0.3) is 0 Å². The van der Waals surface area contributed by atoms with Gasteiger partial charge >= 0.3 is 0 Å². The van der Waals surface area contributed by atoms with E-state index in [2.05, 4.69) is 62.4 Å². The number of nitrogens with zero attached hydrogens (tertiary/aromatic N) is 1. The van der Waals surface area contributed by atoms with E-state index in [1.54, 1.807) is 0 Å². The molecular weight excluding hydrogens is 230 g/mol. The van der Waals surface area contributed by atoms with Gasteiger partial charge in [-0.25, -0.2) is 0 Å². The molecule has 0 radical (unpaired) electrons. The van der Waals surface area contributed by atoms with Gasteiger partial charge in [0.15, 0.2) is 0 Å². The Labute approximate surface area is 115 Å². The molecule has 0 saturated heterocycles. The third-order valence-corrected chi connectivity index (χ3v) is 3.80. The first kappa shape index (κ1) is 13.4. The number of nitriles is 1. The maximum Gasteiger partial charge on any atom is 0.0766 e. The van der Waals surface area contributed by atoms with Gasteiger partial charge in [-0.05, 0) is 55.5 Å². The second-order valence-corrected chi connectivity index (χ2v) is 5.56. The summed E-state index contributed by atoms with van der Waals surface area (Å²) in [5, 5.41) is 9.16. The summed E-state index contributed by atoms with van der Waals surface area (Å²) in [7, 11) is 0. The molecule has 0 spiro atoms. The lowest BCUT2D eigenvalue weighted by atomic mass is 9.85. The summed E-state index contributed by atoms with van der Waals surface area (Å²) >= 11 is 0. The Hall–Kier alpha value is -2.07. The minimum atomic E-state index is -0.430. The van der Waals surface area contributed by atoms with Gasteiger partial charge in [-0.15, -0.1) is 0 Å². The van der Waals surface area contributed by atoms with Gasteiger partial charge in [-0.3, -0.25) is 0 Å². The van der Waals surface area contributed by atoms with Crippen molar-refractivity contribution in [1.82, 2.24) is 0 Å². The summed E-state index contributed by atoms with van der Waals surface area (Å²) in [6.45, 7) is 8.17. The van der Waals surface area contributed by atoms with Gasteiger partial charge in [0.1, 0.15) is 0 Å². The van der Waals surface area contributed by atoms with Gasteiger partial charge in [0, 0.05) is 0 Å². The maximum absolute atomic E-state index is 9.16. The van der Waals surface area contributed by atoms with Crippen LogP contribution in [-0.4, -0.2) is 0 Å². The third kappa shape index (κ3) is 2.53. The van der Waals surface area contributed by atoms with Crippen LogP contribution in [-0.2, 0) is 5.41 Å². The van der Waals surface area contributed by atoms with Crippen LogP contribution in [0.4, 0.5) is 0 Å². The van der Waals surface area contributed by atoms with Crippen LogP contribution in [0.25, 0.3) is 11.1 Å². The average molecular weight is 249 g/mol. The fourth-order valence-corrected chi connectivity index (χ4v) is 2.19. The SMILES string of the molecule is Cc1cccc(-c2ccc(C(C)(C)C#N)cc2)c1C. The normalized spacial score (nSPS) is 11.1. The monoisotopic (exact) mass is 249 g/mol. The lowest BCUT2D eigenvalue weighted by Gasteiger charge is -2.16. The predicted octanol–water partition coefficient (Wildman–Crippen LogP) is 4.77. The molecule has 1 nitrogen and oxygen atoms in total. The lowest BCUT2D eigenvalue weighted by Crippen LogP contribution is -2.13. The Morgan fingerprint density at radius 1 is 0.947 bits per heavy atom. The molecule has 2 aromatic carbocycles. The molecule has 0 bridgehead atoms. The average Bonchev–Trinajstić information content (AvgIpc) is 2.42. The van der Waals surface area contributed by atoms with E-state index >= 15 is 0 Å². The van der Waals surface area contributed by atoms with E-state index in [-0.39, 0.29) is 0 Å². The molecule has 0 saturated carbocycles. The smallest absolute Gasteiger partial charge is 0.0766 e. The minimum absolute atomic E-state index is 0.430. The van der Waals surface area contributed by atoms with Crippen LogP contribution in [0.5, 0.6) is 0 Å². The first-order valence-corrected chi connectivity index (χ1v) is 6.54. The maximum atomic E-state index is 9.16. The molecule has 19 heavy (non-hydrogen) atoms. The zero-order valence-corrected chi connectivity index (χ0v) is 12.0.